The summed E-state index contributed by atoms with van der Waals surface area (Å²) >= 11 is 6.94. The Morgan fingerprint density at radius 3 is 2.46 bits per heavy atom. The minimum Gasteiger partial charge on any atom is -0.483 e. The van der Waals surface area contributed by atoms with Crippen LogP contribution in [0, 0.1) is 13.8 Å². The summed E-state index contributed by atoms with van der Waals surface area (Å²) in [6.07, 6.45) is 0.00398. The van der Waals surface area contributed by atoms with Gasteiger partial charge in [0.15, 0.2) is 12.4 Å². The van der Waals surface area contributed by atoms with Crippen molar-refractivity contribution in [1.29, 1.82) is 0 Å². The van der Waals surface area contributed by atoms with Crippen molar-refractivity contribution in [3.05, 3.63) is 50.7 Å². The third-order valence-corrected chi connectivity index (χ3v) is 4.74. The van der Waals surface area contributed by atoms with Crippen LogP contribution in [0.2, 0.25) is 4.34 Å². The van der Waals surface area contributed by atoms with Crippen LogP contribution in [-0.4, -0.2) is 24.2 Å². The fraction of sp³-hybridized carbons (Fsp3) is 0.278. The van der Waals surface area contributed by atoms with E-state index >= 15 is 0 Å². The summed E-state index contributed by atoms with van der Waals surface area (Å²) in [5, 5.41) is 0. The van der Waals surface area contributed by atoms with Gasteiger partial charge in [0.05, 0.1) is 9.21 Å². The van der Waals surface area contributed by atoms with Crippen molar-refractivity contribution in [3.8, 4) is 5.75 Å². The van der Waals surface area contributed by atoms with Crippen LogP contribution >= 0.6 is 22.9 Å². The number of rotatable bonds is 7. The molecule has 0 bridgehead atoms. The van der Waals surface area contributed by atoms with E-state index in [1.54, 1.807) is 12.1 Å². The number of halogens is 1. The number of aryl methyl sites for hydroxylation is 2. The molecule has 2 amide bonds. The molecule has 26 heavy (non-hydrogen) atoms. The maximum atomic E-state index is 11.9. The van der Waals surface area contributed by atoms with Gasteiger partial charge in [-0.1, -0.05) is 23.7 Å². The van der Waals surface area contributed by atoms with E-state index in [0.29, 0.717) is 15.0 Å². The maximum absolute atomic E-state index is 11.9. The van der Waals surface area contributed by atoms with Gasteiger partial charge >= 0.3 is 0 Å². The normalized spacial score (nSPS) is 10.3. The van der Waals surface area contributed by atoms with Crippen molar-refractivity contribution in [3.63, 3.8) is 0 Å². The quantitative estimate of drug-likeness (QED) is 0.557. The SMILES string of the molecule is Cc1ccc(C)c(OCC(=O)NNC(=O)CCC(=O)c2ccc(Cl)s2)c1. The topological polar surface area (TPSA) is 84.5 Å². The zero-order valence-corrected chi connectivity index (χ0v) is 16.0. The first kappa shape index (κ1) is 19.9. The number of ketones is 1. The number of ether oxygens (including phenoxy) is 1. The van der Waals surface area contributed by atoms with E-state index in [9.17, 15) is 14.4 Å². The summed E-state index contributed by atoms with van der Waals surface area (Å²) in [5.74, 6) is -0.495. The number of nitrogens with one attached hydrogen (secondary N) is 2. The molecule has 0 atom stereocenters. The summed E-state index contributed by atoms with van der Waals surface area (Å²) in [4.78, 5) is 35.9. The van der Waals surface area contributed by atoms with Crippen molar-refractivity contribution in [1.82, 2.24) is 10.9 Å². The van der Waals surface area contributed by atoms with Crippen LogP contribution in [-0.2, 0) is 9.59 Å². The molecule has 1 aromatic carbocycles. The number of carbonyl (C=O) groups is 3. The van der Waals surface area contributed by atoms with Crippen molar-refractivity contribution >= 4 is 40.5 Å². The van der Waals surface area contributed by atoms with E-state index in [1.807, 2.05) is 32.0 Å². The smallest absolute Gasteiger partial charge is 0.276 e. The van der Waals surface area contributed by atoms with E-state index in [-0.39, 0.29) is 25.2 Å². The largest absolute Gasteiger partial charge is 0.483 e. The monoisotopic (exact) mass is 394 g/mol. The molecular weight excluding hydrogens is 376 g/mol. The Labute approximate surface area is 160 Å². The molecule has 2 rings (SSSR count). The molecule has 0 aliphatic heterocycles. The van der Waals surface area contributed by atoms with Crippen molar-refractivity contribution in [2.45, 2.75) is 26.7 Å². The molecule has 2 N–H and O–H groups in total. The Morgan fingerprint density at radius 2 is 1.77 bits per heavy atom. The molecule has 0 unspecified atom stereocenters. The Balaban J connectivity index is 1.69. The predicted octanol–water partition coefficient (Wildman–Crippen LogP) is 3.21. The highest BCUT2D eigenvalue weighted by Crippen LogP contribution is 2.22. The molecule has 0 aliphatic carbocycles. The molecule has 0 aliphatic rings. The summed E-state index contributed by atoms with van der Waals surface area (Å²) in [6, 6.07) is 8.95. The van der Waals surface area contributed by atoms with Gasteiger partial charge in [0.2, 0.25) is 5.91 Å². The summed E-state index contributed by atoms with van der Waals surface area (Å²) in [5.41, 5.74) is 6.46. The fourth-order valence-electron chi connectivity index (χ4n) is 2.06. The average Bonchev–Trinajstić information content (AvgIpc) is 3.05. The molecule has 8 heteroatoms. The van der Waals surface area contributed by atoms with Crippen molar-refractivity contribution < 1.29 is 19.1 Å². The highest BCUT2D eigenvalue weighted by molar-refractivity contribution is 7.18. The molecule has 2 aromatic rings. The molecule has 1 aromatic heterocycles. The molecule has 0 saturated heterocycles. The summed E-state index contributed by atoms with van der Waals surface area (Å²) in [6.45, 7) is 3.58. The lowest BCUT2D eigenvalue weighted by atomic mass is 10.1. The van der Waals surface area contributed by atoms with Gasteiger partial charge in [-0.25, -0.2) is 0 Å². The van der Waals surface area contributed by atoms with E-state index in [1.165, 1.54) is 11.3 Å². The minimum absolute atomic E-state index is 0.0352. The predicted molar refractivity (Wildman–Crippen MR) is 101 cm³/mol. The highest BCUT2D eigenvalue weighted by atomic mass is 35.5. The number of hydrazine groups is 1. The highest BCUT2D eigenvalue weighted by Gasteiger charge is 2.12. The fourth-order valence-corrected chi connectivity index (χ4v) is 3.07. The molecule has 138 valence electrons. The number of Topliss-reactive ketones (excluding diaryl/α,β-unsaturated/α-hetero) is 1. The molecule has 0 saturated carbocycles. The van der Waals surface area contributed by atoms with Gasteiger partial charge in [0.25, 0.3) is 5.91 Å². The standard InChI is InChI=1S/C18H19ClN2O4S/c1-11-3-4-12(2)14(9-11)25-10-18(24)21-20-17(23)8-5-13(22)15-6-7-16(19)26-15/h3-4,6-7,9H,5,8,10H2,1-2H3,(H,20,23)(H,21,24). The summed E-state index contributed by atoms with van der Waals surface area (Å²) < 4.78 is 5.96. The molecular formula is C18H19ClN2O4S. The van der Waals surface area contributed by atoms with Gasteiger partial charge in [0.1, 0.15) is 5.75 Å². The van der Waals surface area contributed by atoms with Crippen LogP contribution in [0.5, 0.6) is 5.75 Å². The second-order valence-electron chi connectivity index (χ2n) is 5.68. The number of hydrogen-bond acceptors (Lipinski definition) is 5. The maximum Gasteiger partial charge on any atom is 0.276 e. The average molecular weight is 395 g/mol. The van der Waals surface area contributed by atoms with Gasteiger partial charge in [-0.05, 0) is 43.2 Å². The van der Waals surface area contributed by atoms with Gasteiger partial charge in [0, 0.05) is 12.8 Å². The second kappa shape index (κ2) is 9.35. The van der Waals surface area contributed by atoms with Gasteiger partial charge in [-0.15, -0.1) is 11.3 Å². The summed E-state index contributed by atoms with van der Waals surface area (Å²) in [7, 11) is 0. The number of hydrogen-bond donors (Lipinski definition) is 2. The number of benzene rings is 1. The first-order valence-corrected chi connectivity index (χ1v) is 9.11. The molecule has 0 fully saturated rings. The van der Waals surface area contributed by atoms with Crippen LogP contribution in [0.3, 0.4) is 0 Å². The Kier molecular flexibility index (Phi) is 7.17. The lowest BCUT2D eigenvalue weighted by molar-refractivity contribution is -0.130. The van der Waals surface area contributed by atoms with Crippen LogP contribution < -0.4 is 15.6 Å². The zero-order valence-electron chi connectivity index (χ0n) is 14.4. The van der Waals surface area contributed by atoms with Gasteiger partial charge < -0.3 is 4.74 Å². The van der Waals surface area contributed by atoms with Crippen LogP contribution in [0.4, 0.5) is 0 Å². The Morgan fingerprint density at radius 1 is 1.04 bits per heavy atom. The van der Waals surface area contributed by atoms with Crippen molar-refractivity contribution in [2.75, 3.05) is 6.61 Å². The van der Waals surface area contributed by atoms with E-state index in [2.05, 4.69) is 10.9 Å². The lowest BCUT2D eigenvalue weighted by Gasteiger charge is -2.11. The zero-order chi connectivity index (χ0) is 19.1. The first-order chi connectivity index (χ1) is 12.3. The van der Waals surface area contributed by atoms with E-state index < -0.39 is 11.8 Å². The van der Waals surface area contributed by atoms with E-state index in [0.717, 1.165) is 11.1 Å². The number of carbonyl (C=O) groups excluding carboxylic acids is 3. The van der Waals surface area contributed by atoms with Gasteiger partial charge in [-0.2, -0.15) is 0 Å². The van der Waals surface area contributed by atoms with Crippen LogP contribution in [0.1, 0.15) is 33.6 Å². The number of thiophene rings is 1. The van der Waals surface area contributed by atoms with Crippen LogP contribution in [0.25, 0.3) is 0 Å². The Bertz CT molecular complexity index is 819. The number of amides is 2. The third-order valence-electron chi connectivity index (χ3n) is 3.47. The van der Waals surface area contributed by atoms with Crippen molar-refractivity contribution in [2.24, 2.45) is 0 Å². The molecule has 1 heterocycles. The van der Waals surface area contributed by atoms with E-state index in [4.69, 9.17) is 16.3 Å². The third kappa shape index (κ3) is 6.16. The molecule has 6 nitrogen and oxygen atoms in total. The van der Waals surface area contributed by atoms with Crippen LogP contribution in [0.15, 0.2) is 30.3 Å². The minimum atomic E-state index is -0.490. The molecule has 0 radical (unpaired) electrons. The lowest BCUT2D eigenvalue weighted by Crippen LogP contribution is -2.43. The second-order valence-corrected chi connectivity index (χ2v) is 7.40. The molecule has 0 spiro atoms. The Hall–Kier alpha value is -2.38. The van der Waals surface area contributed by atoms with Gasteiger partial charge in [-0.3, -0.25) is 25.2 Å². The first-order valence-electron chi connectivity index (χ1n) is 7.91.